The highest BCUT2D eigenvalue weighted by Gasteiger charge is 2.11. The van der Waals surface area contributed by atoms with Crippen LogP contribution in [0.3, 0.4) is 0 Å². The Morgan fingerprint density at radius 2 is 1.14 bits per heavy atom. The Morgan fingerprint density at radius 3 is 1.72 bits per heavy atom. The van der Waals surface area contributed by atoms with Crippen LogP contribution < -0.4 is 4.90 Å². The van der Waals surface area contributed by atoms with Crippen molar-refractivity contribution in [2.75, 3.05) is 4.90 Å². The predicted molar refractivity (Wildman–Crippen MR) is 124 cm³/mol. The Hall–Kier alpha value is -3.65. The molecule has 0 saturated carbocycles. The van der Waals surface area contributed by atoms with Gasteiger partial charge >= 0.3 is 0 Å². The Balaban J connectivity index is 1.64. The number of aryl methyl sites for hydroxylation is 1. The Bertz CT molecular complexity index is 1060. The molecule has 0 unspecified atom stereocenters. The fourth-order valence-corrected chi connectivity index (χ4v) is 3.33. The van der Waals surface area contributed by atoms with Gasteiger partial charge in [-0.15, -0.1) is 0 Å². The molecule has 2 nitrogen and oxygen atoms in total. The molecule has 0 spiro atoms. The van der Waals surface area contributed by atoms with Crippen LogP contribution in [0.2, 0.25) is 0 Å². The van der Waals surface area contributed by atoms with E-state index < -0.39 is 0 Å². The molecular formula is C27H24N2. The number of para-hydroxylation sites is 2. The maximum Gasteiger partial charge on any atom is 0.0661 e. The molecule has 142 valence electrons. The minimum absolute atomic E-state index is 1.02. The minimum atomic E-state index is 1.02. The lowest BCUT2D eigenvalue weighted by Gasteiger charge is -2.25. The third kappa shape index (κ3) is 4.27. The molecule has 4 aromatic rings. The van der Waals surface area contributed by atoms with Gasteiger partial charge in [-0.2, -0.15) is 0 Å². The van der Waals surface area contributed by atoms with E-state index in [-0.39, 0.29) is 0 Å². The number of hydrogen-bond acceptors (Lipinski definition) is 2. The molecule has 29 heavy (non-hydrogen) atoms. The molecule has 0 heterocycles. The van der Waals surface area contributed by atoms with Gasteiger partial charge in [0.2, 0.25) is 0 Å². The molecule has 0 aromatic heterocycles. The van der Waals surface area contributed by atoms with Gasteiger partial charge in [0.25, 0.3) is 0 Å². The standard InChI is InChI=1S/C27H24N2/c1-21-10-9-15-27(22(21)2)28-20-23-16-18-26(19-17-23)29(24-11-5-3-6-12-24)25-13-7-4-8-14-25/h3-20H,1-2H3. The summed E-state index contributed by atoms with van der Waals surface area (Å²) < 4.78 is 0. The summed E-state index contributed by atoms with van der Waals surface area (Å²) in [4.78, 5) is 6.94. The third-order valence-electron chi connectivity index (χ3n) is 5.11. The minimum Gasteiger partial charge on any atom is -0.311 e. The van der Waals surface area contributed by atoms with Gasteiger partial charge in [-0.25, -0.2) is 0 Å². The zero-order valence-corrected chi connectivity index (χ0v) is 16.8. The van der Waals surface area contributed by atoms with Crippen LogP contribution in [-0.2, 0) is 0 Å². The molecular weight excluding hydrogens is 352 g/mol. The molecule has 0 aliphatic carbocycles. The third-order valence-corrected chi connectivity index (χ3v) is 5.11. The summed E-state index contributed by atoms with van der Waals surface area (Å²) in [5.41, 5.74) is 7.97. The molecule has 0 aliphatic heterocycles. The normalized spacial score (nSPS) is 11.0. The van der Waals surface area contributed by atoms with Crippen LogP contribution >= 0.6 is 0 Å². The SMILES string of the molecule is Cc1cccc(N=Cc2ccc(N(c3ccccc3)c3ccccc3)cc2)c1C. The Kier molecular flexibility index (Phi) is 5.53. The zero-order valence-electron chi connectivity index (χ0n) is 16.8. The lowest BCUT2D eigenvalue weighted by atomic mass is 10.1. The predicted octanol–water partition coefficient (Wildman–Crippen LogP) is 7.52. The highest BCUT2D eigenvalue weighted by Crippen LogP contribution is 2.34. The van der Waals surface area contributed by atoms with Gasteiger partial charge in [-0.1, -0.05) is 60.7 Å². The summed E-state index contributed by atoms with van der Waals surface area (Å²) in [6.07, 6.45) is 1.93. The van der Waals surface area contributed by atoms with E-state index >= 15 is 0 Å². The Morgan fingerprint density at radius 1 is 0.586 bits per heavy atom. The first-order valence-electron chi connectivity index (χ1n) is 9.83. The molecule has 0 atom stereocenters. The molecule has 0 fully saturated rings. The van der Waals surface area contributed by atoms with Crippen LogP contribution in [0.4, 0.5) is 22.7 Å². The zero-order chi connectivity index (χ0) is 20.1. The average molecular weight is 377 g/mol. The molecule has 2 heteroatoms. The van der Waals surface area contributed by atoms with E-state index in [0.717, 1.165) is 28.3 Å². The number of rotatable bonds is 5. The molecule has 4 aromatic carbocycles. The summed E-state index contributed by atoms with van der Waals surface area (Å²) in [5.74, 6) is 0. The van der Waals surface area contributed by atoms with Gasteiger partial charge in [0.1, 0.15) is 0 Å². The highest BCUT2D eigenvalue weighted by atomic mass is 15.1. The van der Waals surface area contributed by atoms with Crippen molar-refractivity contribution in [1.29, 1.82) is 0 Å². The summed E-state index contributed by atoms with van der Waals surface area (Å²) in [5, 5.41) is 0. The van der Waals surface area contributed by atoms with E-state index in [1.165, 1.54) is 11.1 Å². The van der Waals surface area contributed by atoms with Crippen LogP contribution in [0.1, 0.15) is 16.7 Å². The summed E-state index contributed by atoms with van der Waals surface area (Å²) in [7, 11) is 0. The maximum absolute atomic E-state index is 4.69. The van der Waals surface area contributed by atoms with Gasteiger partial charge in [0.15, 0.2) is 0 Å². The second kappa shape index (κ2) is 8.57. The molecule has 0 aliphatic rings. The van der Waals surface area contributed by atoms with Crippen LogP contribution in [-0.4, -0.2) is 6.21 Å². The van der Waals surface area contributed by atoms with E-state index in [4.69, 9.17) is 0 Å². The van der Waals surface area contributed by atoms with Crippen LogP contribution in [0.5, 0.6) is 0 Å². The van der Waals surface area contributed by atoms with Crippen molar-refractivity contribution < 1.29 is 0 Å². The summed E-state index contributed by atoms with van der Waals surface area (Å²) in [6, 6.07) is 35.6. The van der Waals surface area contributed by atoms with Gasteiger partial charge in [-0.05, 0) is 73.0 Å². The molecule has 4 rings (SSSR count). The van der Waals surface area contributed by atoms with E-state index in [2.05, 4.69) is 115 Å². The molecule has 0 bridgehead atoms. The lowest BCUT2D eigenvalue weighted by Crippen LogP contribution is -2.09. The maximum atomic E-state index is 4.69. The first-order valence-corrected chi connectivity index (χ1v) is 9.83. The highest BCUT2D eigenvalue weighted by molar-refractivity contribution is 5.84. The molecule has 0 N–H and O–H groups in total. The van der Waals surface area contributed by atoms with Gasteiger partial charge in [-0.3, -0.25) is 4.99 Å². The topological polar surface area (TPSA) is 15.6 Å². The fraction of sp³-hybridized carbons (Fsp3) is 0.0741. The van der Waals surface area contributed by atoms with Crippen LogP contribution in [0.15, 0.2) is 108 Å². The number of benzene rings is 4. The van der Waals surface area contributed by atoms with E-state index in [9.17, 15) is 0 Å². The smallest absolute Gasteiger partial charge is 0.0661 e. The second-order valence-electron chi connectivity index (χ2n) is 7.08. The Labute approximate surface area is 172 Å². The van der Waals surface area contributed by atoms with Crippen molar-refractivity contribution in [3.05, 3.63) is 120 Å². The second-order valence-corrected chi connectivity index (χ2v) is 7.08. The van der Waals surface area contributed by atoms with Gasteiger partial charge < -0.3 is 4.90 Å². The van der Waals surface area contributed by atoms with E-state index in [0.29, 0.717) is 0 Å². The van der Waals surface area contributed by atoms with Crippen molar-refractivity contribution in [2.24, 2.45) is 4.99 Å². The van der Waals surface area contributed by atoms with Crippen molar-refractivity contribution in [2.45, 2.75) is 13.8 Å². The van der Waals surface area contributed by atoms with Gasteiger partial charge in [0, 0.05) is 23.3 Å². The number of hydrogen-bond donors (Lipinski definition) is 0. The molecule has 0 amide bonds. The van der Waals surface area contributed by atoms with E-state index in [1.54, 1.807) is 0 Å². The molecule has 0 radical (unpaired) electrons. The van der Waals surface area contributed by atoms with Crippen molar-refractivity contribution in [3.8, 4) is 0 Å². The lowest BCUT2D eigenvalue weighted by molar-refractivity contribution is 1.28. The first-order chi connectivity index (χ1) is 14.2. The monoisotopic (exact) mass is 376 g/mol. The largest absolute Gasteiger partial charge is 0.311 e. The summed E-state index contributed by atoms with van der Waals surface area (Å²) >= 11 is 0. The summed E-state index contributed by atoms with van der Waals surface area (Å²) in [6.45, 7) is 4.23. The quantitative estimate of drug-likeness (QED) is 0.329. The number of nitrogens with zero attached hydrogens (tertiary/aromatic N) is 2. The molecule has 0 saturated heterocycles. The first kappa shape index (κ1) is 18.7. The van der Waals surface area contributed by atoms with Crippen LogP contribution in [0.25, 0.3) is 0 Å². The van der Waals surface area contributed by atoms with Crippen LogP contribution in [0, 0.1) is 13.8 Å². The van der Waals surface area contributed by atoms with Gasteiger partial charge in [0.05, 0.1) is 5.69 Å². The van der Waals surface area contributed by atoms with Crippen molar-refractivity contribution >= 4 is 29.0 Å². The fourth-order valence-electron chi connectivity index (χ4n) is 3.33. The average Bonchev–Trinajstić information content (AvgIpc) is 2.77. The van der Waals surface area contributed by atoms with Crippen molar-refractivity contribution in [3.63, 3.8) is 0 Å². The number of aliphatic imine (C=N–C) groups is 1. The van der Waals surface area contributed by atoms with E-state index in [1.807, 2.05) is 18.3 Å². The number of anilines is 3. The van der Waals surface area contributed by atoms with Crippen molar-refractivity contribution in [1.82, 2.24) is 0 Å².